The summed E-state index contributed by atoms with van der Waals surface area (Å²) >= 11 is 0. The molecule has 0 saturated heterocycles. The molecule has 0 fully saturated rings. The first-order valence-electron chi connectivity index (χ1n) is 6.44. The van der Waals surface area contributed by atoms with Crippen molar-refractivity contribution < 1.29 is 9.90 Å². The SMILES string of the molecule is Cc1cc(-n2ccnc2)cnc1-c1ccc(C(=O)O)cc1. The van der Waals surface area contributed by atoms with Crippen molar-refractivity contribution in [2.75, 3.05) is 0 Å². The molecule has 104 valence electrons. The number of hydrogen-bond donors (Lipinski definition) is 1. The molecule has 0 bridgehead atoms. The fraction of sp³-hybridized carbons (Fsp3) is 0.0625. The van der Waals surface area contributed by atoms with Crippen molar-refractivity contribution in [2.24, 2.45) is 0 Å². The first-order valence-corrected chi connectivity index (χ1v) is 6.44. The van der Waals surface area contributed by atoms with E-state index in [1.807, 2.05) is 23.8 Å². The molecular weight excluding hydrogens is 266 g/mol. The second kappa shape index (κ2) is 5.20. The molecule has 5 heteroatoms. The number of hydrogen-bond acceptors (Lipinski definition) is 3. The molecule has 2 aromatic heterocycles. The Morgan fingerprint density at radius 2 is 2.00 bits per heavy atom. The largest absolute Gasteiger partial charge is 0.478 e. The highest BCUT2D eigenvalue weighted by Gasteiger charge is 2.07. The summed E-state index contributed by atoms with van der Waals surface area (Å²) in [4.78, 5) is 19.4. The molecule has 0 aliphatic heterocycles. The van der Waals surface area contributed by atoms with Gasteiger partial charge in [-0.3, -0.25) is 4.98 Å². The number of rotatable bonds is 3. The third-order valence-corrected chi connectivity index (χ3v) is 3.27. The van der Waals surface area contributed by atoms with Gasteiger partial charge in [0.1, 0.15) is 0 Å². The molecule has 0 unspecified atom stereocenters. The van der Waals surface area contributed by atoms with E-state index in [2.05, 4.69) is 9.97 Å². The normalized spacial score (nSPS) is 10.5. The molecule has 0 aliphatic rings. The minimum absolute atomic E-state index is 0.270. The van der Waals surface area contributed by atoms with Crippen LogP contribution < -0.4 is 0 Å². The molecule has 21 heavy (non-hydrogen) atoms. The number of aromatic carboxylic acids is 1. The van der Waals surface area contributed by atoms with Gasteiger partial charge in [-0.2, -0.15) is 0 Å². The van der Waals surface area contributed by atoms with Crippen LogP contribution in [0.5, 0.6) is 0 Å². The third kappa shape index (κ3) is 2.53. The van der Waals surface area contributed by atoms with Crippen molar-refractivity contribution in [1.82, 2.24) is 14.5 Å². The Morgan fingerprint density at radius 1 is 1.24 bits per heavy atom. The number of carboxylic acids is 1. The number of carboxylic acid groups (broad SMARTS) is 1. The quantitative estimate of drug-likeness (QED) is 0.800. The van der Waals surface area contributed by atoms with Crippen molar-refractivity contribution in [2.45, 2.75) is 6.92 Å². The lowest BCUT2D eigenvalue weighted by Crippen LogP contribution is -1.97. The molecule has 1 N–H and O–H groups in total. The number of aryl methyl sites for hydroxylation is 1. The van der Waals surface area contributed by atoms with Crippen molar-refractivity contribution >= 4 is 5.97 Å². The first kappa shape index (κ1) is 13.1. The second-order valence-corrected chi connectivity index (χ2v) is 4.71. The number of pyridine rings is 1. The summed E-state index contributed by atoms with van der Waals surface area (Å²) < 4.78 is 1.89. The molecule has 5 nitrogen and oxygen atoms in total. The first-order chi connectivity index (χ1) is 10.1. The fourth-order valence-electron chi connectivity index (χ4n) is 2.19. The van der Waals surface area contributed by atoms with Crippen LogP contribution in [0.1, 0.15) is 15.9 Å². The summed E-state index contributed by atoms with van der Waals surface area (Å²) in [6.07, 6.45) is 7.07. The van der Waals surface area contributed by atoms with E-state index in [1.165, 1.54) is 0 Å². The van der Waals surface area contributed by atoms with Gasteiger partial charge < -0.3 is 9.67 Å². The van der Waals surface area contributed by atoms with Crippen LogP contribution in [-0.2, 0) is 0 Å². The molecule has 0 radical (unpaired) electrons. The van der Waals surface area contributed by atoms with Crippen molar-refractivity contribution in [1.29, 1.82) is 0 Å². The number of nitrogens with zero attached hydrogens (tertiary/aromatic N) is 3. The zero-order valence-corrected chi connectivity index (χ0v) is 11.4. The average Bonchev–Trinajstić information content (AvgIpc) is 3.01. The van der Waals surface area contributed by atoms with E-state index in [1.54, 1.807) is 43.0 Å². The van der Waals surface area contributed by atoms with Crippen LogP contribution in [0, 0.1) is 6.92 Å². The van der Waals surface area contributed by atoms with Gasteiger partial charge in [0, 0.05) is 18.0 Å². The topological polar surface area (TPSA) is 68.0 Å². The van der Waals surface area contributed by atoms with Gasteiger partial charge in [0.15, 0.2) is 0 Å². The highest BCUT2D eigenvalue weighted by atomic mass is 16.4. The van der Waals surface area contributed by atoms with E-state index in [0.717, 1.165) is 22.5 Å². The van der Waals surface area contributed by atoms with Crippen LogP contribution in [0.2, 0.25) is 0 Å². The van der Waals surface area contributed by atoms with Gasteiger partial charge in [-0.05, 0) is 30.7 Å². The van der Waals surface area contributed by atoms with Gasteiger partial charge in [0.2, 0.25) is 0 Å². The van der Waals surface area contributed by atoms with Crippen LogP contribution in [0.3, 0.4) is 0 Å². The Hall–Kier alpha value is -2.95. The van der Waals surface area contributed by atoms with Gasteiger partial charge in [-0.25, -0.2) is 9.78 Å². The van der Waals surface area contributed by atoms with Gasteiger partial charge >= 0.3 is 5.97 Å². The Kier molecular flexibility index (Phi) is 3.23. The number of benzene rings is 1. The predicted octanol–water partition coefficient (Wildman–Crippen LogP) is 2.94. The van der Waals surface area contributed by atoms with Crippen molar-refractivity contribution in [3.63, 3.8) is 0 Å². The monoisotopic (exact) mass is 279 g/mol. The molecule has 0 saturated carbocycles. The lowest BCUT2D eigenvalue weighted by molar-refractivity contribution is 0.0697. The van der Waals surface area contributed by atoms with E-state index in [9.17, 15) is 4.79 Å². The summed E-state index contributed by atoms with van der Waals surface area (Å²) in [6, 6.07) is 8.74. The Labute approximate surface area is 121 Å². The highest BCUT2D eigenvalue weighted by Crippen LogP contribution is 2.23. The maximum atomic E-state index is 10.9. The van der Waals surface area contributed by atoms with Crippen LogP contribution in [0.25, 0.3) is 16.9 Å². The Balaban J connectivity index is 1.97. The lowest BCUT2D eigenvalue weighted by Gasteiger charge is -2.08. The summed E-state index contributed by atoms with van der Waals surface area (Å²) in [5.41, 5.74) is 3.97. The van der Waals surface area contributed by atoms with Crippen LogP contribution in [-0.4, -0.2) is 25.6 Å². The second-order valence-electron chi connectivity index (χ2n) is 4.71. The molecule has 1 aromatic carbocycles. The number of carbonyl (C=O) groups is 1. The maximum absolute atomic E-state index is 10.9. The molecule has 0 aliphatic carbocycles. The molecule has 0 spiro atoms. The van der Waals surface area contributed by atoms with E-state index in [-0.39, 0.29) is 5.56 Å². The van der Waals surface area contributed by atoms with Crippen LogP contribution in [0.4, 0.5) is 0 Å². The molecule has 2 heterocycles. The third-order valence-electron chi connectivity index (χ3n) is 3.27. The van der Waals surface area contributed by atoms with Gasteiger partial charge in [-0.1, -0.05) is 12.1 Å². The summed E-state index contributed by atoms with van der Waals surface area (Å²) in [6.45, 7) is 1.98. The fourth-order valence-corrected chi connectivity index (χ4v) is 2.19. The molecule has 0 atom stereocenters. The van der Waals surface area contributed by atoms with Gasteiger partial charge in [-0.15, -0.1) is 0 Å². The van der Waals surface area contributed by atoms with Gasteiger partial charge in [0.05, 0.1) is 29.5 Å². The summed E-state index contributed by atoms with van der Waals surface area (Å²) in [5, 5.41) is 8.92. The molecular formula is C16H13N3O2. The zero-order chi connectivity index (χ0) is 14.8. The van der Waals surface area contributed by atoms with E-state index < -0.39 is 5.97 Å². The number of aromatic nitrogens is 3. The maximum Gasteiger partial charge on any atom is 0.335 e. The minimum atomic E-state index is -0.929. The van der Waals surface area contributed by atoms with E-state index in [0.29, 0.717) is 0 Å². The number of imidazole rings is 1. The smallest absolute Gasteiger partial charge is 0.335 e. The van der Waals surface area contributed by atoms with E-state index >= 15 is 0 Å². The van der Waals surface area contributed by atoms with Gasteiger partial charge in [0.25, 0.3) is 0 Å². The summed E-state index contributed by atoms with van der Waals surface area (Å²) in [5.74, 6) is -0.929. The zero-order valence-electron chi connectivity index (χ0n) is 11.4. The molecule has 0 amide bonds. The van der Waals surface area contributed by atoms with Crippen molar-refractivity contribution in [3.8, 4) is 16.9 Å². The molecule has 3 aromatic rings. The van der Waals surface area contributed by atoms with E-state index in [4.69, 9.17) is 5.11 Å². The summed E-state index contributed by atoms with van der Waals surface area (Å²) in [7, 11) is 0. The minimum Gasteiger partial charge on any atom is -0.478 e. The van der Waals surface area contributed by atoms with Crippen LogP contribution >= 0.6 is 0 Å². The van der Waals surface area contributed by atoms with Crippen molar-refractivity contribution in [3.05, 3.63) is 66.4 Å². The standard InChI is InChI=1S/C16H13N3O2/c1-11-8-14(19-7-6-17-10-19)9-18-15(11)12-2-4-13(5-3-12)16(20)21/h2-10H,1H3,(H,20,21). The van der Waals surface area contributed by atoms with Crippen LogP contribution in [0.15, 0.2) is 55.2 Å². The predicted molar refractivity (Wildman–Crippen MR) is 78.5 cm³/mol. The average molecular weight is 279 g/mol. The molecule has 3 rings (SSSR count). The lowest BCUT2D eigenvalue weighted by atomic mass is 10.0. The highest BCUT2D eigenvalue weighted by molar-refractivity contribution is 5.88. The Bertz CT molecular complexity index is 778. The Morgan fingerprint density at radius 3 is 2.57 bits per heavy atom.